The third-order valence-corrected chi connectivity index (χ3v) is 5.28. The number of benzene rings is 1. The Labute approximate surface area is 154 Å². The number of para-hydroxylation sites is 1. The smallest absolute Gasteiger partial charge is 0.233 e. The van der Waals surface area contributed by atoms with Crippen molar-refractivity contribution in [2.24, 2.45) is 0 Å². The number of carbonyl (C=O) groups excluding carboxylic acids is 1. The summed E-state index contributed by atoms with van der Waals surface area (Å²) in [6.07, 6.45) is 1.59. The van der Waals surface area contributed by atoms with Crippen molar-refractivity contribution < 1.29 is 9.21 Å². The van der Waals surface area contributed by atoms with Gasteiger partial charge >= 0.3 is 0 Å². The second-order valence-electron chi connectivity index (χ2n) is 6.08. The lowest BCUT2D eigenvalue weighted by atomic mass is 10.1. The Hall–Kier alpha value is -2.80. The number of nitrogens with zero attached hydrogens (tertiary/aromatic N) is 3. The Bertz CT molecular complexity index is 1070. The van der Waals surface area contributed by atoms with Crippen LogP contribution in [-0.4, -0.2) is 25.8 Å². The van der Waals surface area contributed by atoms with Crippen molar-refractivity contribution in [2.75, 3.05) is 0 Å². The first-order chi connectivity index (χ1) is 12.6. The van der Waals surface area contributed by atoms with Crippen molar-refractivity contribution in [3.05, 3.63) is 60.1 Å². The fourth-order valence-corrected chi connectivity index (χ4v) is 3.79. The Morgan fingerprint density at radius 2 is 2.12 bits per heavy atom. The van der Waals surface area contributed by atoms with Crippen LogP contribution in [0.15, 0.2) is 58.3 Å². The summed E-state index contributed by atoms with van der Waals surface area (Å²) in [6, 6.07) is 13.8. The minimum Gasteiger partial charge on any atom is -0.467 e. The molecule has 0 radical (unpaired) electrons. The van der Waals surface area contributed by atoms with Crippen molar-refractivity contribution in [3.8, 4) is 0 Å². The van der Waals surface area contributed by atoms with Crippen molar-refractivity contribution >= 4 is 34.2 Å². The number of amides is 1. The second-order valence-corrected chi connectivity index (χ2v) is 7.39. The van der Waals surface area contributed by atoms with Crippen LogP contribution >= 0.6 is 11.8 Å². The van der Waals surface area contributed by atoms with Gasteiger partial charge < -0.3 is 9.73 Å². The monoisotopic (exact) mass is 366 g/mol. The van der Waals surface area contributed by atoms with E-state index in [4.69, 9.17) is 4.42 Å². The van der Waals surface area contributed by atoms with Crippen LogP contribution in [0.2, 0.25) is 0 Å². The number of rotatable bonds is 5. The van der Waals surface area contributed by atoms with Gasteiger partial charge in [0, 0.05) is 5.39 Å². The normalized spacial score (nSPS) is 12.5. The molecule has 1 aromatic carbocycles. The first kappa shape index (κ1) is 16.7. The van der Waals surface area contributed by atoms with E-state index in [1.807, 2.05) is 41.7 Å². The van der Waals surface area contributed by atoms with Gasteiger partial charge in [-0.05, 0) is 43.7 Å². The summed E-state index contributed by atoms with van der Waals surface area (Å²) in [7, 11) is 0. The number of aryl methyl sites for hydroxylation is 1. The molecule has 3 aromatic heterocycles. The largest absolute Gasteiger partial charge is 0.467 e. The van der Waals surface area contributed by atoms with E-state index in [9.17, 15) is 4.79 Å². The molecule has 0 saturated heterocycles. The van der Waals surface area contributed by atoms with Gasteiger partial charge in [0.1, 0.15) is 5.76 Å². The molecule has 4 aromatic rings. The number of thioether (sulfide) groups is 1. The number of nitrogens with one attached hydrogen (secondary N) is 1. The van der Waals surface area contributed by atoms with Crippen molar-refractivity contribution in [3.63, 3.8) is 0 Å². The fraction of sp³-hybridized carbons (Fsp3) is 0.211. The van der Waals surface area contributed by atoms with Crippen LogP contribution in [0.4, 0.5) is 0 Å². The first-order valence-electron chi connectivity index (χ1n) is 8.33. The third-order valence-electron chi connectivity index (χ3n) is 4.24. The molecule has 0 aliphatic rings. The maximum Gasteiger partial charge on any atom is 0.233 e. The van der Waals surface area contributed by atoms with E-state index >= 15 is 0 Å². The summed E-state index contributed by atoms with van der Waals surface area (Å²) < 4.78 is 7.24. The molecule has 1 unspecified atom stereocenters. The average molecular weight is 366 g/mol. The van der Waals surface area contributed by atoms with E-state index in [-0.39, 0.29) is 11.2 Å². The molecule has 6 nitrogen and oxygen atoms in total. The number of hydrogen-bond donors (Lipinski definition) is 1. The number of pyridine rings is 1. The molecule has 0 spiro atoms. The molecule has 132 valence electrons. The summed E-state index contributed by atoms with van der Waals surface area (Å²) in [4.78, 5) is 12.4. The average Bonchev–Trinajstić information content (AvgIpc) is 3.30. The highest BCUT2D eigenvalue weighted by atomic mass is 32.2. The number of carbonyl (C=O) groups is 1. The second kappa shape index (κ2) is 6.84. The molecule has 26 heavy (non-hydrogen) atoms. The van der Waals surface area contributed by atoms with Gasteiger partial charge in [0.05, 0.1) is 23.6 Å². The Balaban J connectivity index is 1.59. The lowest BCUT2D eigenvalue weighted by molar-refractivity contribution is -0.120. The molecular formula is C19H18N4O2S. The highest BCUT2D eigenvalue weighted by Gasteiger charge is 2.19. The predicted octanol–water partition coefficient (Wildman–Crippen LogP) is 3.58. The van der Waals surface area contributed by atoms with Crippen LogP contribution in [0.25, 0.3) is 16.6 Å². The number of furan rings is 1. The lowest BCUT2D eigenvalue weighted by Gasteiger charge is -2.11. The van der Waals surface area contributed by atoms with Gasteiger partial charge in [-0.25, -0.2) is 0 Å². The number of aromatic nitrogens is 3. The van der Waals surface area contributed by atoms with Gasteiger partial charge in [-0.3, -0.25) is 9.20 Å². The molecule has 3 heterocycles. The Morgan fingerprint density at radius 1 is 1.27 bits per heavy atom. The van der Waals surface area contributed by atoms with E-state index in [0.717, 1.165) is 27.9 Å². The van der Waals surface area contributed by atoms with E-state index < -0.39 is 0 Å². The molecule has 0 aliphatic heterocycles. The highest BCUT2D eigenvalue weighted by molar-refractivity contribution is 8.00. The van der Waals surface area contributed by atoms with Gasteiger partial charge in [-0.2, -0.15) is 0 Å². The van der Waals surface area contributed by atoms with E-state index in [0.29, 0.717) is 11.7 Å². The van der Waals surface area contributed by atoms with E-state index in [1.165, 1.54) is 11.8 Å². The van der Waals surface area contributed by atoms with Gasteiger partial charge in [-0.1, -0.05) is 30.0 Å². The lowest BCUT2D eigenvalue weighted by Crippen LogP contribution is -2.30. The van der Waals surface area contributed by atoms with Gasteiger partial charge in [0.2, 0.25) is 5.91 Å². The molecule has 1 N–H and O–H groups in total. The molecule has 7 heteroatoms. The summed E-state index contributed by atoms with van der Waals surface area (Å²) in [6.45, 7) is 4.30. The molecule has 4 rings (SSSR count). The highest BCUT2D eigenvalue weighted by Crippen LogP contribution is 2.27. The maximum absolute atomic E-state index is 12.4. The standard InChI is InChI=1S/C19H18N4O2S/c1-12-10-17-21-22-19(23(17)16-8-4-3-7-15(12)16)26-13(2)18(24)20-11-14-6-5-9-25-14/h3-10,13H,11H2,1-2H3,(H,20,24). The topological polar surface area (TPSA) is 72.4 Å². The van der Waals surface area contributed by atoms with Crippen LogP contribution in [-0.2, 0) is 11.3 Å². The maximum atomic E-state index is 12.4. The minimum atomic E-state index is -0.308. The third kappa shape index (κ3) is 3.06. The molecule has 0 bridgehead atoms. The minimum absolute atomic E-state index is 0.0698. The van der Waals surface area contributed by atoms with Crippen LogP contribution in [0, 0.1) is 6.92 Å². The zero-order chi connectivity index (χ0) is 18.1. The Morgan fingerprint density at radius 3 is 2.92 bits per heavy atom. The zero-order valence-corrected chi connectivity index (χ0v) is 15.3. The van der Waals surface area contributed by atoms with Crippen LogP contribution in [0.3, 0.4) is 0 Å². The molecule has 1 atom stereocenters. The van der Waals surface area contributed by atoms with Gasteiger partial charge in [0.15, 0.2) is 10.8 Å². The van der Waals surface area contributed by atoms with Crippen molar-refractivity contribution in [1.82, 2.24) is 19.9 Å². The first-order valence-corrected chi connectivity index (χ1v) is 9.21. The molecule has 0 fully saturated rings. The van der Waals surface area contributed by atoms with E-state index in [1.54, 1.807) is 12.3 Å². The number of fused-ring (bicyclic) bond motifs is 3. The molecule has 0 saturated carbocycles. The molecule has 0 aliphatic carbocycles. The van der Waals surface area contributed by atoms with Gasteiger partial charge in [0.25, 0.3) is 0 Å². The summed E-state index contributed by atoms with van der Waals surface area (Å²) >= 11 is 1.39. The van der Waals surface area contributed by atoms with Crippen molar-refractivity contribution in [2.45, 2.75) is 30.8 Å². The molecule has 1 amide bonds. The number of hydrogen-bond acceptors (Lipinski definition) is 5. The quantitative estimate of drug-likeness (QED) is 0.547. The van der Waals surface area contributed by atoms with Crippen LogP contribution in [0.5, 0.6) is 0 Å². The fourth-order valence-electron chi connectivity index (χ4n) is 2.89. The summed E-state index contributed by atoms with van der Waals surface area (Å²) in [5.41, 5.74) is 2.98. The van der Waals surface area contributed by atoms with Crippen molar-refractivity contribution in [1.29, 1.82) is 0 Å². The summed E-state index contributed by atoms with van der Waals surface area (Å²) in [5.74, 6) is 0.657. The van der Waals surface area contributed by atoms with E-state index in [2.05, 4.69) is 28.5 Å². The summed E-state index contributed by atoms with van der Waals surface area (Å²) in [5, 5.41) is 13.0. The van der Waals surface area contributed by atoms with Gasteiger partial charge in [-0.15, -0.1) is 10.2 Å². The Kier molecular flexibility index (Phi) is 4.38. The van der Waals surface area contributed by atoms with Crippen LogP contribution < -0.4 is 5.32 Å². The molecular weight excluding hydrogens is 348 g/mol. The van der Waals surface area contributed by atoms with Crippen LogP contribution in [0.1, 0.15) is 18.2 Å². The predicted molar refractivity (Wildman–Crippen MR) is 101 cm³/mol. The SMILES string of the molecule is Cc1cc2nnc(SC(C)C(=O)NCc3ccco3)n2c2ccccc12. The zero-order valence-electron chi connectivity index (χ0n) is 14.5.